The third kappa shape index (κ3) is 5.01. The summed E-state index contributed by atoms with van der Waals surface area (Å²) in [6.07, 6.45) is 0.0727. The Morgan fingerprint density at radius 2 is 1.95 bits per heavy atom. The minimum Gasteiger partial charge on any atom is -0.341 e. The van der Waals surface area contributed by atoms with E-state index in [0.717, 1.165) is 18.8 Å². The van der Waals surface area contributed by atoms with Gasteiger partial charge in [0.15, 0.2) is 0 Å². The van der Waals surface area contributed by atoms with Gasteiger partial charge in [0.1, 0.15) is 0 Å². The lowest BCUT2D eigenvalue weighted by molar-refractivity contribution is -0.133. The number of rotatable bonds is 4. The topological polar surface area (TPSA) is 32.3 Å². The highest BCUT2D eigenvalue weighted by Gasteiger charge is 2.35. The van der Waals surface area contributed by atoms with E-state index in [2.05, 4.69) is 5.32 Å². The van der Waals surface area contributed by atoms with Crippen LogP contribution < -0.4 is 5.32 Å². The molecule has 0 radical (unpaired) electrons. The molecule has 2 fully saturated rings. The summed E-state index contributed by atoms with van der Waals surface area (Å²) in [5.41, 5.74) is 0. The van der Waals surface area contributed by atoms with Gasteiger partial charge < -0.3 is 10.2 Å². The van der Waals surface area contributed by atoms with Crippen LogP contribution in [0.1, 0.15) is 32.6 Å². The van der Waals surface area contributed by atoms with E-state index in [1.54, 1.807) is 4.90 Å². The van der Waals surface area contributed by atoms with Gasteiger partial charge >= 0.3 is 6.18 Å². The number of hydrogen-bond donors (Lipinski definition) is 1. The minimum atomic E-state index is -4.19. The average molecular weight is 278 g/mol. The van der Waals surface area contributed by atoms with Gasteiger partial charge in [0.2, 0.25) is 5.91 Å². The molecule has 6 heteroatoms. The molecule has 0 aromatic heterocycles. The molecule has 0 aromatic rings. The molecule has 1 aliphatic carbocycles. The lowest BCUT2D eigenvalue weighted by Gasteiger charge is -2.38. The van der Waals surface area contributed by atoms with E-state index >= 15 is 0 Å². The van der Waals surface area contributed by atoms with Crippen molar-refractivity contribution in [3.05, 3.63) is 0 Å². The Kier molecular flexibility index (Phi) is 4.38. The van der Waals surface area contributed by atoms with Gasteiger partial charge in [0, 0.05) is 26.1 Å². The lowest BCUT2D eigenvalue weighted by atomic mass is 9.89. The second-order valence-electron chi connectivity index (χ2n) is 5.90. The summed E-state index contributed by atoms with van der Waals surface area (Å²) in [5, 5.41) is 2.55. The first-order valence-electron chi connectivity index (χ1n) is 6.89. The Balaban J connectivity index is 1.87. The zero-order valence-corrected chi connectivity index (χ0v) is 11.2. The predicted octanol–water partition coefficient (Wildman–Crippen LogP) is 2.18. The number of alkyl halides is 3. The summed E-state index contributed by atoms with van der Waals surface area (Å²) in [6.45, 7) is 1.61. The van der Waals surface area contributed by atoms with Crippen LogP contribution in [0.15, 0.2) is 0 Å². The number of carbonyl (C=O) groups is 1. The van der Waals surface area contributed by atoms with Crippen molar-refractivity contribution in [2.75, 3.05) is 19.6 Å². The van der Waals surface area contributed by atoms with E-state index in [1.807, 2.05) is 0 Å². The van der Waals surface area contributed by atoms with Gasteiger partial charge in [0.05, 0.1) is 6.54 Å². The molecule has 110 valence electrons. The molecule has 1 saturated heterocycles. The van der Waals surface area contributed by atoms with Crippen molar-refractivity contribution >= 4 is 5.91 Å². The van der Waals surface area contributed by atoms with E-state index in [4.69, 9.17) is 0 Å². The van der Waals surface area contributed by atoms with E-state index in [9.17, 15) is 18.0 Å². The second kappa shape index (κ2) is 5.69. The number of likely N-dealkylation sites (tertiary alicyclic amines) is 1. The van der Waals surface area contributed by atoms with Gasteiger partial charge in [0.25, 0.3) is 0 Å². The van der Waals surface area contributed by atoms with Gasteiger partial charge in [-0.05, 0) is 24.7 Å². The molecule has 1 heterocycles. The number of nitrogens with zero attached hydrogens (tertiary/aromatic N) is 1. The van der Waals surface area contributed by atoms with Crippen molar-refractivity contribution < 1.29 is 18.0 Å². The standard InChI is InChI=1S/C13H21F3N2O/c1-9(19)18-6-11(4-10-2-3-10)5-12(7-18)17-8-13(14,15)16/h10-12,17H,2-8H2,1H3. The number of hydrogen-bond acceptors (Lipinski definition) is 2. The van der Waals surface area contributed by atoms with Crippen LogP contribution >= 0.6 is 0 Å². The SMILES string of the molecule is CC(=O)N1CC(CC2CC2)CC(NCC(F)(F)F)C1. The quantitative estimate of drug-likeness (QED) is 0.855. The molecule has 19 heavy (non-hydrogen) atoms. The molecular formula is C13H21F3N2O. The Hall–Kier alpha value is -0.780. The van der Waals surface area contributed by atoms with Gasteiger partial charge in [-0.1, -0.05) is 12.8 Å². The summed E-state index contributed by atoms with van der Waals surface area (Å²) >= 11 is 0. The maximum Gasteiger partial charge on any atom is 0.401 e. The van der Waals surface area contributed by atoms with Crippen molar-refractivity contribution in [1.82, 2.24) is 10.2 Å². The average Bonchev–Trinajstić information content (AvgIpc) is 3.09. The van der Waals surface area contributed by atoms with Gasteiger partial charge in [-0.15, -0.1) is 0 Å². The molecule has 2 unspecified atom stereocenters. The van der Waals surface area contributed by atoms with Crippen LogP contribution in [0.5, 0.6) is 0 Å². The highest BCUT2D eigenvalue weighted by Crippen LogP contribution is 2.37. The summed E-state index contributed by atoms with van der Waals surface area (Å²) in [4.78, 5) is 13.2. The third-order valence-corrected chi connectivity index (χ3v) is 3.94. The number of piperidine rings is 1. The van der Waals surface area contributed by atoms with Crippen molar-refractivity contribution in [3.63, 3.8) is 0 Å². The largest absolute Gasteiger partial charge is 0.401 e. The number of halogens is 3. The van der Waals surface area contributed by atoms with Crippen LogP contribution in [0.2, 0.25) is 0 Å². The highest BCUT2D eigenvalue weighted by atomic mass is 19.4. The highest BCUT2D eigenvalue weighted by molar-refractivity contribution is 5.73. The van der Waals surface area contributed by atoms with Crippen molar-refractivity contribution in [3.8, 4) is 0 Å². The molecule has 0 bridgehead atoms. The van der Waals surface area contributed by atoms with Crippen LogP contribution in [-0.4, -0.2) is 42.7 Å². The number of carbonyl (C=O) groups excluding carboxylic acids is 1. The molecule has 0 spiro atoms. The first kappa shape index (κ1) is 14.6. The fourth-order valence-corrected chi connectivity index (χ4v) is 2.86. The Morgan fingerprint density at radius 1 is 1.26 bits per heavy atom. The molecule has 0 aromatic carbocycles. The Labute approximate surface area is 111 Å². The summed E-state index contributed by atoms with van der Waals surface area (Å²) < 4.78 is 36.7. The number of nitrogens with one attached hydrogen (secondary N) is 1. The third-order valence-electron chi connectivity index (χ3n) is 3.94. The molecular weight excluding hydrogens is 257 g/mol. The summed E-state index contributed by atoms with van der Waals surface area (Å²) in [7, 11) is 0. The van der Waals surface area contributed by atoms with Crippen molar-refractivity contribution in [2.45, 2.75) is 44.8 Å². The first-order chi connectivity index (χ1) is 8.83. The van der Waals surface area contributed by atoms with E-state index < -0.39 is 12.7 Å². The van der Waals surface area contributed by atoms with E-state index in [0.29, 0.717) is 19.0 Å². The van der Waals surface area contributed by atoms with Crippen LogP contribution in [-0.2, 0) is 4.79 Å². The monoisotopic (exact) mass is 278 g/mol. The normalized spacial score (nSPS) is 28.5. The van der Waals surface area contributed by atoms with Gasteiger partial charge in [-0.2, -0.15) is 13.2 Å². The zero-order chi connectivity index (χ0) is 14.0. The fraction of sp³-hybridized carbons (Fsp3) is 0.923. The van der Waals surface area contributed by atoms with E-state index in [1.165, 1.54) is 19.8 Å². The predicted molar refractivity (Wildman–Crippen MR) is 65.5 cm³/mol. The Bertz CT molecular complexity index is 328. The van der Waals surface area contributed by atoms with Crippen LogP contribution in [0.4, 0.5) is 13.2 Å². The Morgan fingerprint density at radius 3 is 2.47 bits per heavy atom. The first-order valence-corrected chi connectivity index (χ1v) is 6.89. The maximum atomic E-state index is 12.2. The molecule has 1 aliphatic heterocycles. The number of amides is 1. The van der Waals surface area contributed by atoms with Crippen LogP contribution in [0, 0.1) is 11.8 Å². The van der Waals surface area contributed by atoms with Crippen LogP contribution in [0.25, 0.3) is 0 Å². The van der Waals surface area contributed by atoms with Crippen molar-refractivity contribution in [2.24, 2.45) is 11.8 Å². The molecule has 1 N–H and O–H groups in total. The molecule has 2 rings (SSSR count). The molecule has 1 saturated carbocycles. The van der Waals surface area contributed by atoms with E-state index in [-0.39, 0.29) is 11.9 Å². The minimum absolute atomic E-state index is 0.0423. The van der Waals surface area contributed by atoms with Crippen molar-refractivity contribution in [1.29, 1.82) is 0 Å². The summed E-state index contributed by atoms with van der Waals surface area (Å²) in [5.74, 6) is 1.04. The molecule has 2 atom stereocenters. The van der Waals surface area contributed by atoms with Gasteiger partial charge in [-0.25, -0.2) is 0 Å². The molecule has 2 aliphatic rings. The lowest BCUT2D eigenvalue weighted by Crippen LogP contribution is -2.52. The molecule has 3 nitrogen and oxygen atoms in total. The molecule has 1 amide bonds. The fourth-order valence-electron chi connectivity index (χ4n) is 2.86. The van der Waals surface area contributed by atoms with Gasteiger partial charge in [-0.3, -0.25) is 4.79 Å². The second-order valence-corrected chi connectivity index (χ2v) is 5.90. The smallest absolute Gasteiger partial charge is 0.341 e. The zero-order valence-electron chi connectivity index (χ0n) is 11.2. The maximum absolute atomic E-state index is 12.2. The summed E-state index contributed by atoms with van der Waals surface area (Å²) in [6, 6.07) is -0.233. The van der Waals surface area contributed by atoms with Crippen LogP contribution in [0.3, 0.4) is 0 Å².